The summed E-state index contributed by atoms with van der Waals surface area (Å²) in [6, 6.07) is 8.66. The molecule has 14 heavy (non-hydrogen) atoms. The minimum Gasteiger partial charge on any atom is -0.280 e. The van der Waals surface area contributed by atoms with E-state index >= 15 is 0 Å². The van der Waals surface area contributed by atoms with Crippen molar-refractivity contribution in [2.24, 2.45) is 0 Å². The van der Waals surface area contributed by atoms with Crippen LogP contribution in [0.2, 0.25) is 0 Å². The van der Waals surface area contributed by atoms with Crippen molar-refractivity contribution in [3.8, 4) is 0 Å². The zero-order valence-electron chi connectivity index (χ0n) is 7.31. The first-order valence-corrected chi connectivity index (χ1v) is 6.12. The highest BCUT2D eigenvalue weighted by molar-refractivity contribution is 7.91. The first kappa shape index (κ1) is 11.2. The SMILES string of the molecule is O=C(Cl)CS(=O)(=O)Cc1ccccc1. The van der Waals surface area contributed by atoms with Gasteiger partial charge >= 0.3 is 0 Å². The molecule has 0 amide bonds. The summed E-state index contributed by atoms with van der Waals surface area (Å²) in [5, 5.41) is -0.846. The molecule has 0 aromatic heterocycles. The van der Waals surface area contributed by atoms with Gasteiger partial charge in [0, 0.05) is 0 Å². The lowest BCUT2D eigenvalue weighted by atomic mass is 10.2. The molecule has 76 valence electrons. The Morgan fingerprint density at radius 2 is 1.79 bits per heavy atom. The summed E-state index contributed by atoms with van der Waals surface area (Å²) in [6.45, 7) is 0. The fraction of sp³-hybridized carbons (Fsp3) is 0.222. The average Bonchev–Trinajstić information content (AvgIpc) is 2.02. The number of benzene rings is 1. The third kappa shape index (κ3) is 3.89. The smallest absolute Gasteiger partial charge is 0.236 e. The highest BCUT2D eigenvalue weighted by atomic mass is 35.5. The molecule has 0 aliphatic rings. The Labute approximate surface area is 87.6 Å². The highest BCUT2D eigenvalue weighted by Gasteiger charge is 2.15. The number of halogens is 1. The molecule has 0 unspecified atom stereocenters. The Kier molecular flexibility index (Phi) is 3.66. The van der Waals surface area contributed by atoms with Crippen molar-refractivity contribution in [2.75, 3.05) is 5.75 Å². The van der Waals surface area contributed by atoms with E-state index in [1.165, 1.54) is 0 Å². The zero-order chi connectivity index (χ0) is 10.6. The lowest BCUT2D eigenvalue weighted by molar-refractivity contribution is -0.109. The Hall–Kier alpha value is -0.870. The molecular weight excluding hydrogens is 224 g/mol. The molecular formula is C9H9ClO3S. The predicted octanol–water partition coefficient (Wildman–Crippen LogP) is 1.37. The van der Waals surface area contributed by atoms with Crippen LogP contribution in [0.5, 0.6) is 0 Å². The summed E-state index contributed by atoms with van der Waals surface area (Å²) < 4.78 is 22.6. The second-order valence-corrected chi connectivity index (χ2v) is 5.36. The fourth-order valence-electron chi connectivity index (χ4n) is 1.05. The largest absolute Gasteiger partial charge is 0.280 e. The van der Waals surface area contributed by atoms with Crippen molar-refractivity contribution >= 4 is 26.7 Å². The number of hydrogen-bond donors (Lipinski definition) is 0. The fourth-order valence-corrected chi connectivity index (χ4v) is 2.70. The van der Waals surface area contributed by atoms with E-state index in [0.717, 1.165) is 0 Å². The van der Waals surface area contributed by atoms with Gasteiger partial charge in [0.2, 0.25) is 5.24 Å². The average molecular weight is 233 g/mol. The third-order valence-electron chi connectivity index (χ3n) is 1.56. The molecule has 0 fully saturated rings. The Balaban J connectivity index is 2.74. The van der Waals surface area contributed by atoms with Crippen molar-refractivity contribution in [2.45, 2.75) is 5.75 Å². The van der Waals surface area contributed by atoms with E-state index in [1.54, 1.807) is 30.3 Å². The summed E-state index contributed by atoms with van der Waals surface area (Å²) in [4.78, 5) is 10.4. The van der Waals surface area contributed by atoms with Crippen LogP contribution in [0.1, 0.15) is 5.56 Å². The first-order valence-electron chi connectivity index (χ1n) is 3.92. The van der Waals surface area contributed by atoms with Crippen molar-refractivity contribution in [3.63, 3.8) is 0 Å². The van der Waals surface area contributed by atoms with Crippen LogP contribution in [0.4, 0.5) is 0 Å². The molecule has 0 radical (unpaired) electrons. The lowest BCUT2D eigenvalue weighted by Gasteiger charge is -2.00. The second-order valence-electron chi connectivity index (χ2n) is 2.87. The molecule has 1 aromatic rings. The van der Waals surface area contributed by atoms with E-state index in [9.17, 15) is 13.2 Å². The maximum absolute atomic E-state index is 11.3. The molecule has 1 rings (SSSR count). The van der Waals surface area contributed by atoms with Crippen LogP contribution in [0.15, 0.2) is 30.3 Å². The maximum atomic E-state index is 11.3. The van der Waals surface area contributed by atoms with Crippen LogP contribution in [-0.4, -0.2) is 19.4 Å². The van der Waals surface area contributed by atoms with Gasteiger partial charge in [-0.2, -0.15) is 0 Å². The molecule has 0 aliphatic carbocycles. The molecule has 0 aliphatic heterocycles. The number of hydrogen-bond acceptors (Lipinski definition) is 3. The van der Waals surface area contributed by atoms with E-state index in [0.29, 0.717) is 5.56 Å². The van der Waals surface area contributed by atoms with Gasteiger partial charge in [0.25, 0.3) is 0 Å². The van der Waals surface area contributed by atoms with Gasteiger partial charge in [-0.15, -0.1) is 0 Å². The monoisotopic (exact) mass is 232 g/mol. The van der Waals surface area contributed by atoms with Gasteiger partial charge in [0.15, 0.2) is 9.84 Å². The molecule has 0 N–H and O–H groups in total. The minimum atomic E-state index is -3.42. The summed E-state index contributed by atoms with van der Waals surface area (Å²) in [5.74, 6) is -0.754. The van der Waals surface area contributed by atoms with Gasteiger partial charge in [-0.05, 0) is 17.2 Å². The van der Waals surface area contributed by atoms with Crippen molar-refractivity contribution < 1.29 is 13.2 Å². The minimum absolute atomic E-state index is 0.147. The number of rotatable bonds is 4. The maximum Gasteiger partial charge on any atom is 0.236 e. The molecule has 0 atom stereocenters. The highest BCUT2D eigenvalue weighted by Crippen LogP contribution is 2.06. The molecule has 3 nitrogen and oxygen atoms in total. The number of carbonyl (C=O) groups excluding carboxylic acids is 1. The van der Waals surface area contributed by atoms with Crippen molar-refractivity contribution in [3.05, 3.63) is 35.9 Å². The van der Waals surface area contributed by atoms with Crippen molar-refractivity contribution in [1.82, 2.24) is 0 Å². The predicted molar refractivity (Wildman–Crippen MR) is 54.8 cm³/mol. The van der Waals surface area contributed by atoms with Crippen LogP contribution in [0.25, 0.3) is 0 Å². The molecule has 5 heteroatoms. The Morgan fingerprint density at radius 3 is 2.29 bits per heavy atom. The van der Waals surface area contributed by atoms with Gasteiger partial charge in [-0.25, -0.2) is 8.42 Å². The molecule has 0 spiro atoms. The Bertz CT molecular complexity index is 411. The number of carbonyl (C=O) groups is 1. The molecule has 1 aromatic carbocycles. The molecule has 0 saturated heterocycles. The van der Waals surface area contributed by atoms with E-state index < -0.39 is 20.8 Å². The topological polar surface area (TPSA) is 51.2 Å². The van der Waals surface area contributed by atoms with Crippen LogP contribution >= 0.6 is 11.6 Å². The standard InChI is InChI=1S/C9H9ClO3S/c10-9(11)7-14(12,13)6-8-4-2-1-3-5-8/h1-5H,6-7H2. The van der Waals surface area contributed by atoms with Gasteiger partial charge < -0.3 is 0 Å². The first-order chi connectivity index (χ1) is 6.49. The molecule has 0 saturated carbocycles. The van der Waals surface area contributed by atoms with Gasteiger partial charge in [0.05, 0.1) is 5.75 Å². The molecule has 0 heterocycles. The normalized spacial score (nSPS) is 11.2. The number of sulfone groups is 1. The van der Waals surface area contributed by atoms with Crippen LogP contribution in [0, 0.1) is 0 Å². The van der Waals surface area contributed by atoms with E-state index in [-0.39, 0.29) is 5.75 Å². The van der Waals surface area contributed by atoms with Gasteiger partial charge in [-0.1, -0.05) is 30.3 Å². The zero-order valence-corrected chi connectivity index (χ0v) is 8.88. The van der Waals surface area contributed by atoms with Crippen LogP contribution in [-0.2, 0) is 20.4 Å². The van der Waals surface area contributed by atoms with E-state index in [1.807, 2.05) is 0 Å². The molecule has 0 bridgehead atoms. The summed E-state index contributed by atoms with van der Waals surface area (Å²) in [6.07, 6.45) is 0. The summed E-state index contributed by atoms with van der Waals surface area (Å²) in [5.41, 5.74) is 0.658. The Morgan fingerprint density at radius 1 is 1.21 bits per heavy atom. The second kappa shape index (κ2) is 4.57. The van der Waals surface area contributed by atoms with E-state index in [4.69, 9.17) is 11.6 Å². The van der Waals surface area contributed by atoms with E-state index in [2.05, 4.69) is 0 Å². The van der Waals surface area contributed by atoms with Gasteiger partial charge in [-0.3, -0.25) is 4.79 Å². The third-order valence-corrected chi connectivity index (χ3v) is 3.33. The summed E-state index contributed by atoms with van der Waals surface area (Å²) in [7, 11) is -3.42. The quantitative estimate of drug-likeness (QED) is 0.737. The van der Waals surface area contributed by atoms with Crippen molar-refractivity contribution in [1.29, 1.82) is 0 Å². The van der Waals surface area contributed by atoms with Gasteiger partial charge in [0.1, 0.15) is 5.75 Å². The van der Waals surface area contributed by atoms with Crippen LogP contribution in [0.3, 0.4) is 0 Å². The van der Waals surface area contributed by atoms with Crippen LogP contribution < -0.4 is 0 Å². The summed E-state index contributed by atoms with van der Waals surface area (Å²) >= 11 is 5.01. The lowest BCUT2D eigenvalue weighted by Crippen LogP contribution is -2.13.